The Hall–Kier alpha value is -3.06. The van der Waals surface area contributed by atoms with E-state index in [0.29, 0.717) is 17.4 Å². The van der Waals surface area contributed by atoms with Crippen LogP contribution in [0.3, 0.4) is 0 Å². The monoisotopic (exact) mass is 582 g/mol. The number of rotatable bonds is 12. The number of anilines is 3. The molecule has 7 heteroatoms. The van der Waals surface area contributed by atoms with E-state index < -0.39 is 0 Å². The van der Waals surface area contributed by atoms with Gasteiger partial charge in [-0.3, -0.25) is 4.79 Å². The van der Waals surface area contributed by atoms with Gasteiger partial charge in [0.25, 0.3) is 5.91 Å². The lowest BCUT2D eigenvalue weighted by Crippen LogP contribution is -2.34. The number of nitrogens with one attached hydrogen (secondary N) is 2. The van der Waals surface area contributed by atoms with Gasteiger partial charge in [-0.25, -0.2) is 4.98 Å². The molecule has 1 aromatic heterocycles. The molecule has 0 fully saturated rings. The van der Waals surface area contributed by atoms with Crippen molar-refractivity contribution in [3.8, 4) is 0 Å². The van der Waals surface area contributed by atoms with E-state index >= 15 is 0 Å². The highest BCUT2D eigenvalue weighted by molar-refractivity contribution is 5.97. The lowest BCUT2D eigenvalue weighted by molar-refractivity contribution is 0.0741. The number of aromatic nitrogens is 2. The summed E-state index contributed by atoms with van der Waals surface area (Å²) in [5.41, 5.74) is 9.90. The second kappa shape index (κ2) is 22.5. The number of nitrogen functional groups attached to an aromatic ring is 1. The third-order valence-electron chi connectivity index (χ3n) is 6.31. The van der Waals surface area contributed by atoms with E-state index in [4.69, 9.17) is 10.7 Å². The maximum atomic E-state index is 13.3. The molecule has 3 aromatic rings. The molecule has 0 saturated carbocycles. The number of fused-ring (bicyclic) bond motifs is 1. The van der Waals surface area contributed by atoms with Crippen molar-refractivity contribution in [1.82, 2.24) is 19.8 Å². The molecule has 238 valence electrons. The van der Waals surface area contributed by atoms with Crippen LogP contribution >= 0.6 is 0 Å². The number of hydrogen-bond donors (Lipinski definition) is 3. The Morgan fingerprint density at radius 3 is 1.95 bits per heavy atom. The van der Waals surface area contributed by atoms with Gasteiger partial charge in [-0.15, -0.1) is 0 Å². The lowest BCUT2D eigenvalue weighted by atomic mass is 10.1. The average Bonchev–Trinajstić information content (AvgIpc) is 3.28. The van der Waals surface area contributed by atoms with Gasteiger partial charge in [-0.2, -0.15) is 0 Å². The summed E-state index contributed by atoms with van der Waals surface area (Å²) >= 11 is 0. The molecule has 0 atom stereocenters. The van der Waals surface area contributed by atoms with Crippen LogP contribution in [0.1, 0.15) is 105 Å². The quantitative estimate of drug-likeness (QED) is 0.147. The van der Waals surface area contributed by atoms with Gasteiger partial charge >= 0.3 is 0 Å². The predicted octanol–water partition coefficient (Wildman–Crippen LogP) is 8.88. The Balaban J connectivity index is 0.00000132. The number of aryl methyl sites for hydroxylation is 1. The fourth-order valence-corrected chi connectivity index (χ4v) is 3.81. The topological polar surface area (TPSA) is 88.2 Å². The number of carbonyl (C=O) groups is 1. The summed E-state index contributed by atoms with van der Waals surface area (Å²) in [5, 5.41) is 6.40. The van der Waals surface area contributed by atoms with Crippen LogP contribution in [0.4, 0.5) is 17.3 Å². The molecule has 0 aliphatic carbocycles. The van der Waals surface area contributed by atoms with Gasteiger partial charge < -0.3 is 25.8 Å². The van der Waals surface area contributed by atoms with E-state index in [9.17, 15) is 4.79 Å². The van der Waals surface area contributed by atoms with E-state index in [2.05, 4.69) is 59.1 Å². The molecular weight excluding hydrogens is 520 g/mol. The Kier molecular flexibility index (Phi) is 20.9. The molecule has 0 aliphatic heterocycles. The smallest absolute Gasteiger partial charge is 0.253 e. The van der Waals surface area contributed by atoms with Gasteiger partial charge in [0.2, 0.25) is 5.95 Å². The predicted molar refractivity (Wildman–Crippen MR) is 186 cm³/mol. The summed E-state index contributed by atoms with van der Waals surface area (Å²) in [6.07, 6.45) is 5.86. The maximum Gasteiger partial charge on any atom is 0.253 e. The normalized spacial score (nSPS) is 10.3. The summed E-state index contributed by atoms with van der Waals surface area (Å²) in [6, 6.07) is 13.3. The number of unbranched alkanes of at least 4 members (excludes halogenated alkanes) is 1. The van der Waals surface area contributed by atoms with Crippen LogP contribution in [0, 0.1) is 11.8 Å². The Morgan fingerprint density at radius 1 is 0.952 bits per heavy atom. The highest BCUT2D eigenvalue weighted by atomic mass is 16.2. The summed E-state index contributed by atoms with van der Waals surface area (Å²) in [7, 11) is 3.94. The van der Waals surface area contributed by atoms with Crippen molar-refractivity contribution in [1.29, 1.82) is 0 Å². The zero-order valence-electron chi connectivity index (χ0n) is 28.7. The summed E-state index contributed by atoms with van der Waals surface area (Å²) in [5.74, 6) is 1.95. The Labute approximate surface area is 257 Å². The van der Waals surface area contributed by atoms with Gasteiger partial charge in [0.05, 0.1) is 11.0 Å². The van der Waals surface area contributed by atoms with Gasteiger partial charge in [0.15, 0.2) is 0 Å². The van der Waals surface area contributed by atoms with Gasteiger partial charge in [-0.05, 0) is 87.2 Å². The average molecular weight is 583 g/mol. The molecule has 0 bridgehead atoms. The Morgan fingerprint density at radius 2 is 1.50 bits per heavy atom. The zero-order chi connectivity index (χ0) is 32.1. The van der Waals surface area contributed by atoms with Crippen molar-refractivity contribution in [3.63, 3.8) is 0 Å². The second-order valence-electron chi connectivity index (χ2n) is 11.3. The summed E-state index contributed by atoms with van der Waals surface area (Å²) < 4.78 is 1.98. The molecule has 0 saturated heterocycles. The first-order valence-corrected chi connectivity index (χ1v) is 16.1. The number of nitrogens with zero attached hydrogens (tertiary/aromatic N) is 3. The van der Waals surface area contributed by atoms with Crippen LogP contribution < -0.4 is 16.4 Å². The first kappa shape index (κ1) is 38.9. The summed E-state index contributed by atoms with van der Waals surface area (Å²) in [4.78, 5) is 20.0. The zero-order valence-corrected chi connectivity index (χ0v) is 28.7. The van der Waals surface area contributed by atoms with Crippen molar-refractivity contribution in [2.45, 2.75) is 94.4 Å². The maximum absolute atomic E-state index is 13.3. The number of amides is 1. The fraction of sp³-hybridized carbons (Fsp3) is 0.600. The van der Waals surface area contributed by atoms with Crippen molar-refractivity contribution in [3.05, 3.63) is 48.0 Å². The number of imidazole rings is 1. The highest BCUT2D eigenvalue weighted by Gasteiger charge is 2.18. The van der Waals surface area contributed by atoms with Gasteiger partial charge in [0, 0.05) is 37.1 Å². The molecular formula is C35H62N6O. The van der Waals surface area contributed by atoms with Crippen molar-refractivity contribution in [2.75, 3.05) is 37.7 Å². The fourth-order valence-electron chi connectivity index (χ4n) is 3.81. The molecule has 1 heterocycles. The molecule has 3 rings (SSSR count). The van der Waals surface area contributed by atoms with Crippen molar-refractivity contribution >= 4 is 34.3 Å². The van der Waals surface area contributed by atoms with Gasteiger partial charge in [0.1, 0.15) is 0 Å². The minimum absolute atomic E-state index is 0.0949. The van der Waals surface area contributed by atoms with E-state index in [1.54, 1.807) is 0 Å². The van der Waals surface area contributed by atoms with Crippen LogP contribution in [0.15, 0.2) is 42.5 Å². The molecule has 4 N–H and O–H groups in total. The SMILES string of the molecule is CC.CC(C)CCN(CCC(C)C)C(=O)c1ccc2nc(Nc3ccc(N)cc3)n(C)c2c1.CCC.CCCCNC. The van der Waals surface area contributed by atoms with Crippen molar-refractivity contribution in [2.24, 2.45) is 18.9 Å². The van der Waals surface area contributed by atoms with Crippen LogP contribution in [-0.2, 0) is 7.05 Å². The molecule has 0 spiro atoms. The molecule has 42 heavy (non-hydrogen) atoms. The van der Waals surface area contributed by atoms with Crippen LogP contribution in [0.25, 0.3) is 11.0 Å². The van der Waals surface area contributed by atoms with Crippen LogP contribution in [0.2, 0.25) is 0 Å². The largest absolute Gasteiger partial charge is 0.399 e. The van der Waals surface area contributed by atoms with Crippen LogP contribution in [0.5, 0.6) is 0 Å². The molecule has 0 aliphatic rings. The minimum atomic E-state index is 0.0949. The molecule has 7 nitrogen and oxygen atoms in total. The first-order valence-electron chi connectivity index (χ1n) is 16.1. The van der Waals surface area contributed by atoms with Gasteiger partial charge in [-0.1, -0.05) is 75.2 Å². The second-order valence-corrected chi connectivity index (χ2v) is 11.3. The van der Waals surface area contributed by atoms with E-state index in [0.717, 1.165) is 60.8 Å². The molecule has 0 unspecified atom stereocenters. The molecule has 2 aromatic carbocycles. The number of carbonyl (C=O) groups excluding carboxylic acids is 1. The third-order valence-corrected chi connectivity index (χ3v) is 6.31. The third kappa shape index (κ3) is 14.7. The van der Waals surface area contributed by atoms with E-state index in [1.165, 1.54) is 19.3 Å². The first-order chi connectivity index (χ1) is 20.1. The van der Waals surface area contributed by atoms with Crippen LogP contribution in [-0.4, -0.2) is 47.0 Å². The van der Waals surface area contributed by atoms with Crippen molar-refractivity contribution < 1.29 is 4.79 Å². The number of hydrogen-bond acceptors (Lipinski definition) is 5. The standard InChI is InChI=1S/C25H35N5O.C5H13N.C3H8.C2H6/c1-17(2)12-14-30(15-13-18(3)4)24(31)19-6-11-22-23(16-19)29(5)25(28-22)27-21-9-7-20(26)8-10-21;1-3-4-5-6-2;1-3-2;1-2/h6-11,16-18H,12-15,26H2,1-5H3,(H,27,28);6H,3-5H2,1-2H3;3H2,1-2H3;1-2H3. The van der Waals surface area contributed by atoms with E-state index in [1.807, 2.05) is 79.9 Å². The number of nitrogens with two attached hydrogens (primary N) is 1. The highest BCUT2D eigenvalue weighted by Crippen LogP contribution is 2.24. The van der Waals surface area contributed by atoms with E-state index in [-0.39, 0.29) is 5.91 Å². The minimum Gasteiger partial charge on any atom is -0.399 e. The lowest BCUT2D eigenvalue weighted by Gasteiger charge is -2.24. The molecule has 1 amide bonds. The Bertz CT molecular complexity index is 1090. The number of benzene rings is 2. The molecule has 0 radical (unpaired) electrons. The summed E-state index contributed by atoms with van der Waals surface area (Å²) in [6.45, 7) is 22.0.